The van der Waals surface area contributed by atoms with Gasteiger partial charge in [-0.05, 0) is 55.2 Å². The van der Waals surface area contributed by atoms with E-state index in [4.69, 9.17) is 0 Å². The molecule has 0 unspecified atom stereocenters. The number of rotatable bonds is 3. The van der Waals surface area contributed by atoms with Crippen LogP contribution in [0.25, 0.3) is 11.1 Å². The summed E-state index contributed by atoms with van der Waals surface area (Å²) in [7, 11) is 4.37. The van der Waals surface area contributed by atoms with Gasteiger partial charge in [0.2, 0.25) is 0 Å². The average molecular weight is 422 g/mol. The van der Waals surface area contributed by atoms with Crippen molar-refractivity contribution in [2.45, 2.75) is 19.8 Å². The van der Waals surface area contributed by atoms with Crippen LogP contribution in [-0.4, -0.2) is 27.2 Å². The molecule has 0 aliphatic carbocycles. The van der Waals surface area contributed by atoms with Crippen molar-refractivity contribution >= 4 is 28.2 Å². The van der Waals surface area contributed by atoms with Crippen LogP contribution in [0.2, 0.25) is 0 Å². The fourth-order valence-corrected chi connectivity index (χ4v) is 4.75. The molecule has 3 nitrogen and oxygen atoms in total. The molecule has 0 radical (unpaired) electrons. The van der Waals surface area contributed by atoms with Gasteiger partial charge >= 0.3 is 0 Å². The second kappa shape index (κ2) is 8.58. The van der Waals surface area contributed by atoms with E-state index in [9.17, 15) is 0 Å². The fourth-order valence-electron chi connectivity index (χ4n) is 4.75. The zero-order valence-electron chi connectivity index (χ0n) is 19.3. The molecular weight excluding hydrogens is 390 g/mol. The molecule has 5 rings (SSSR count). The smallest absolute Gasteiger partial charge is 0.0449 e. The molecule has 0 atom stereocenters. The lowest BCUT2D eigenvalue weighted by molar-refractivity contribution is 0.876. The average Bonchev–Trinajstić information content (AvgIpc) is 2.83. The zero-order chi connectivity index (χ0) is 22.1. The van der Waals surface area contributed by atoms with Gasteiger partial charge in [0.1, 0.15) is 0 Å². The van der Waals surface area contributed by atoms with Crippen LogP contribution in [0.5, 0.6) is 0 Å². The van der Waals surface area contributed by atoms with Crippen molar-refractivity contribution in [3.05, 3.63) is 102 Å². The third-order valence-corrected chi connectivity index (χ3v) is 6.68. The van der Waals surface area contributed by atoms with E-state index in [1.807, 2.05) is 0 Å². The van der Waals surface area contributed by atoms with Gasteiger partial charge in [0.15, 0.2) is 0 Å². The molecule has 0 fully saturated rings. The van der Waals surface area contributed by atoms with Crippen LogP contribution < -0.4 is 14.7 Å². The van der Waals surface area contributed by atoms with Crippen LogP contribution in [0.3, 0.4) is 0 Å². The van der Waals surface area contributed by atoms with Gasteiger partial charge in [-0.25, -0.2) is 0 Å². The Morgan fingerprint density at radius 3 is 1.62 bits per heavy atom. The lowest BCUT2D eigenvalue weighted by atomic mass is 9.95. The Hall–Kier alpha value is -3.46. The van der Waals surface area contributed by atoms with E-state index in [2.05, 4.69) is 121 Å². The molecule has 0 saturated carbocycles. The summed E-state index contributed by atoms with van der Waals surface area (Å²) in [5, 5.41) is 0. The Morgan fingerprint density at radius 1 is 0.656 bits per heavy atom. The van der Waals surface area contributed by atoms with Gasteiger partial charge in [-0.15, -0.1) is 0 Å². The van der Waals surface area contributed by atoms with Gasteiger partial charge in [0.05, 0.1) is 0 Å². The lowest BCUT2D eigenvalue weighted by Gasteiger charge is -2.32. The van der Waals surface area contributed by atoms with E-state index in [1.54, 1.807) is 0 Å². The van der Waals surface area contributed by atoms with Crippen molar-refractivity contribution in [2.75, 3.05) is 41.9 Å². The lowest BCUT2D eigenvalue weighted by Crippen LogP contribution is -2.25. The maximum atomic E-state index is 2.36. The number of aryl methyl sites for hydroxylation is 1. The van der Waals surface area contributed by atoms with Crippen LogP contribution in [0, 0.1) is 6.92 Å². The Bertz CT molecular complexity index is 1100. The summed E-state index contributed by atoms with van der Waals surface area (Å²) >= 11 is 0. The van der Waals surface area contributed by atoms with E-state index in [-0.39, 0.29) is 0 Å². The highest BCUT2D eigenvalue weighted by atomic mass is 15.1. The molecule has 0 saturated heterocycles. The first-order valence-electron chi connectivity index (χ1n) is 11.5. The summed E-state index contributed by atoms with van der Waals surface area (Å²) in [4.78, 5) is 7.05. The van der Waals surface area contributed by atoms with Crippen LogP contribution in [0.15, 0.2) is 85.2 Å². The number of fused-ring (bicyclic) bond motifs is 2. The van der Waals surface area contributed by atoms with E-state index in [0.29, 0.717) is 0 Å². The van der Waals surface area contributed by atoms with Crippen LogP contribution >= 0.6 is 0 Å². The summed E-state index contributed by atoms with van der Waals surface area (Å²) in [5.74, 6) is 0. The van der Waals surface area contributed by atoms with Crippen LogP contribution in [-0.2, 0) is 0 Å². The minimum absolute atomic E-state index is 1.04. The second-order valence-electron chi connectivity index (χ2n) is 8.93. The third kappa shape index (κ3) is 3.91. The maximum absolute atomic E-state index is 2.36. The minimum Gasteiger partial charge on any atom is -0.374 e. The van der Waals surface area contributed by atoms with Crippen molar-refractivity contribution in [3.63, 3.8) is 0 Å². The molecule has 2 heterocycles. The molecule has 0 aromatic heterocycles. The van der Waals surface area contributed by atoms with Crippen LogP contribution in [0.4, 0.5) is 17.1 Å². The third-order valence-electron chi connectivity index (χ3n) is 6.68. The standard InChI is InChI=1S/C29H31N3/c1-22-12-14-25(15-13-22)32(20-23-16-18-30(2)28-10-6-4-8-26(23)28)21-24-17-19-31(3)29-11-7-5-9-27(24)29/h4-15,20-21H,16-19H2,1-3H3/b23-20-,24-21+. The Kier molecular flexibility index (Phi) is 5.48. The molecule has 0 amide bonds. The molecule has 3 aromatic carbocycles. The first kappa shape index (κ1) is 20.4. The summed E-state index contributed by atoms with van der Waals surface area (Å²) in [6.45, 7) is 4.22. The molecule has 2 aliphatic heterocycles. The van der Waals surface area contributed by atoms with E-state index < -0.39 is 0 Å². The SMILES string of the molecule is Cc1ccc(N(/C=C2/CCN(C)c3ccccc32)/C=C2\CCN(C)c3ccccc32)cc1. The van der Waals surface area contributed by atoms with Crippen molar-refractivity contribution in [1.29, 1.82) is 0 Å². The quantitative estimate of drug-likeness (QED) is 0.474. The highest BCUT2D eigenvalue weighted by Gasteiger charge is 2.20. The van der Waals surface area contributed by atoms with Crippen molar-refractivity contribution < 1.29 is 0 Å². The predicted octanol–water partition coefficient (Wildman–Crippen LogP) is 6.56. The van der Waals surface area contributed by atoms with Gasteiger partial charge in [0, 0.05) is 67.8 Å². The van der Waals surface area contributed by atoms with Crippen LogP contribution in [0.1, 0.15) is 29.5 Å². The number of hydrogen-bond acceptors (Lipinski definition) is 3. The minimum atomic E-state index is 1.04. The fraction of sp³-hybridized carbons (Fsp3) is 0.241. The number of hydrogen-bond donors (Lipinski definition) is 0. The van der Waals surface area contributed by atoms with Crippen molar-refractivity contribution in [1.82, 2.24) is 0 Å². The molecule has 3 aromatic rings. The first-order valence-corrected chi connectivity index (χ1v) is 11.5. The van der Waals surface area contributed by atoms with Gasteiger partial charge < -0.3 is 14.7 Å². The second-order valence-corrected chi connectivity index (χ2v) is 8.93. The van der Waals surface area contributed by atoms with Crippen molar-refractivity contribution in [3.8, 4) is 0 Å². The maximum Gasteiger partial charge on any atom is 0.0449 e. The molecule has 0 bridgehead atoms. The van der Waals surface area contributed by atoms with E-state index in [1.165, 1.54) is 44.9 Å². The summed E-state index contributed by atoms with van der Waals surface area (Å²) in [5.41, 5.74) is 10.5. The highest BCUT2D eigenvalue weighted by molar-refractivity contribution is 5.84. The number of benzene rings is 3. The normalized spacial score (nSPS) is 18.0. The molecule has 162 valence electrons. The van der Waals surface area contributed by atoms with Gasteiger partial charge in [-0.3, -0.25) is 0 Å². The topological polar surface area (TPSA) is 9.72 Å². The Morgan fingerprint density at radius 2 is 1.12 bits per heavy atom. The first-order chi connectivity index (χ1) is 15.6. The van der Waals surface area contributed by atoms with Gasteiger partial charge in [0.25, 0.3) is 0 Å². The summed E-state index contributed by atoms with van der Waals surface area (Å²) < 4.78 is 0. The van der Waals surface area contributed by atoms with Gasteiger partial charge in [-0.1, -0.05) is 54.1 Å². The summed E-state index contributed by atoms with van der Waals surface area (Å²) in [6, 6.07) is 26.4. The molecular formula is C29H31N3. The molecule has 3 heteroatoms. The number of para-hydroxylation sites is 2. The monoisotopic (exact) mass is 421 g/mol. The number of nitrogens with zero attached hydrogens (tertiary/aromatic N) is 3. The largest absolute Gasteiger partial charge is 0.374 e. The van der Waals surface area contributed by atoms with Crippen molar-refractivity contribution in [2.24, 2.45) is 0 Å². The zero-order valence-corrected chi connectivity index (χ0v) is 19.3. The predicted molar refractivity (Wildman–Crippen MR) is 138 cm³/mol. The Balaban J connectivity index is 1.62. The molecule has 0 N–H and O–H groups in total. The molecule has 0 spiro atoms. The van der Waals surface area contributed by atoms with E-state index in [0.717, 1.165) is 25.9 Å². The molecule has 2 aliphatic rings. The molecule has 32 heavy (non-hydrogen) atoms. The Labute approximate surface area is 191 Å². The van der Waals surface area contributed by atoms with Gasteiger partial charge in [-0.2, -0.15) is 0 Å². The number of anilines is 3. The summed E-state index contributed by atoms with van der Waals surface area (Å²) in [6.07, 6.45) is 6.78. The highest BCUT2D eigenvalue weighted by Crippen LogP contribution is 2.37. The van der Waals surface area contributed by atoms with E-state index >= 15 is 0 Å².